The third-order valence-electron chi connectivity index (χ3n) is 2.07. The molecule has 0 bridgehead atoms. The number of hydrogen-bond acceptors (Lipinski definition) is 2. The molecule has 0 spiro atoms. The minimum absolute atomic E-state index is 0.663. The molecule has 0 amide bonds. The monoisotopic (exact) mass is 189 g/mol. The van der Waals surface area contributed by atoms with E-state index in [1.54, 1.807) is 0 Å². The SMILES string of the molecule is CCCC(CC)NC(C)CSC. The predicted molar refractivity (Wildman–Crippen MR) is 60.0 cm³/mol. The first-order valence-corrected chi connectivity index (χ1v) is 6.38. The molecule has 0 heterocycles. The van der Waals surface area contributed by atoms with Crippen molar-refractivity contribution in [3.8, 4) is 0 Å². The van der Waals surface area contributed by atoms with E-state index in [4.69, 9.17) is 0 Å². The Hall–Kier alpha value is 0.310. The van der Waals surface area contributed by atoms with Crippen LogP contribution in [0.3, 0.4) is 0 Å². The first kappa shape index (κ1) is 12.3. The second-order valence-corrected chi connectivity index (χ2v) is 4.33. The summed E-state index contributed by atoms with van der Waals surface area (Å²) in [4.78, 5) is 0. The van der Waals surface area contributed by atoms with Gasteiger partial charge in [-0.05, 0) is 26.0 Å². The Balaban J connectivity index is 3.53. The molecule has 74 valence electrons. The van der Waals surface area contributed by atoms with E-state index in [2.05, 4.69) is 32.3 Å². The zero-order valence-electron chi connectivity index (χ0n) is 8.89. The van der Waals surface area contributed by atoms with E-state index in [9.17, 15) is 0 Å². The zero-order valence-corrected chi connectivity index (χ0v) is 9.71. The lowest BCUT2D eigenvalue weighted by atomic mass is 10.1. The maximum atomic E-state index is 3.65. The van der Waals surface area contributed by atoms with Gasteiger partial charge in [-0.2, -0.15) is 11.8 Å². The molecule has 12 heavy (non-hydrogen) atoms. The summed E-state index contributed by atoms with van der Waals surface area (Å²) in [7, 11) is 0. The lowest BCUT2D eigenvalue weighted by Crippen LogP contribution is -2.37. The highest BCUT2D eigenvalue weighted by atomic mass is 32.2. The largest absolute Gasteiger partial charge is 0.311 e. The van der Waals surface area contributed by atoms with Gasteiger partial charge in [0, 0.05) is 17.8 Å². The van der Waals surface area contributed by atoms with E-state index < -0.39 is 0 Å². The van der Waals surface area contributed by atoms with Gasteiger partial charge in [-0.15, -0.1) is 0 Å². The first-order chi connectivity index (χ1) is 5.74. The van der Waals surface area contributed by atoms with Crippen molar-refractivity contribution in [1.82, 2.24) is 5.32 Å². The molecule has 0 radical (unpaired) electrons. The van der Waals surface area contributed by atoms with Crippen LogP contribution in [0.5, 0.6) is 0 Å². The molecule has 0 rings (SSSR count). The fourth-order valence-electron chi connectivity index (χ4n) is 1.45. The third-order valence-corrected chi connectivity index (χ3v) is 2.90. The molecule has 2 heteroatoms. The molecule has 0 aromatic carbocycles. The standard InChI is InChI=1S/C10H23NS/c1-5-7-10(6-2)11-9(3)8-12-4/h9-11H,5-8H2,1-4H3. The summed E-state index contributed by atoms with van der Waals surface area (Å²) in [6.07, 6.45) is 6.03. The van der Waals surface area contributed by atoms with E-state index in [-0.39, 0.29) is 0 Å². The smallest absolute Gasteiger partial charge is 0.0132 e. The summed E-state index contributed by atoms with van der Waals surface area (Å²) in [6.45, 7) is 6.79. The van der Waals surface area contributed by atoms with Crippen LogP contribution in [0.25, 0.3) is 0 Å². The highest BCUT2D eigenvalue weighted by Crippen LogP contribution is 2.04. The van der Waals surface area contributed by atoms with Crippen molar-refractivity contribution < 1.29 is 0 Å². The first-order valence-electron chi connectivity index (χ1n) is 4.99. The van der Waals surface area contributed by atoms with Crippen LogP contribution in [0.15, 0.2) is 0 Å². The van der Waals surface area contributed by atoms with Crippen molar-refractivity contribution in [3.63, 3.8) is 0 Å². The molecule has 0 fully saturated rings. The molecule has 0 aromatic rings. The van der Waals surface area contributed by atoms with Crippen molar-refractivity contribution in [3.05, 3.63) is 0 Å². The molecule has 0 aliphatic carbocycles. The maximum Gasteiger partial charge on any atom is 0.0132 e. The van der Waals surface area contributed by atoms with Crippen LogP contribution in [-0.4, -0.2) is 24.1 Å². The average molecular weight is 189 g/mol. The summed E-state index contributed by atoms with van der Waals surface area (Å²) in [5.74, 6) is 1.22. The van der Waals surface area contributed by atoms with Crippen molar-refractivity contribution in [2.45, 2.75) is 52.1 Å². The molecule has 0 saturated carbocycles. The highest BCUT2D eigenvalue weighted by molar-refractivity contribution is 7.98. The molecule has 0 aromatic heterocycles. The number of nitrogens with one attached hydrogen (secondary N) is 1. The van der Waals surface area contributed by atoms with Crippen LogP contribution >= 0.6 is 11.8 Å². The van der Waals surface area contributed by atoms with Gasteiger partial charge >= 0.3 is 0 Å². The quantitative estimate of drug-likeness (QED) is 0.661. The number of thioether (sulfide) groups is 1. The van der Waals surface area contributed by atoms with Gasteiger partial charge < -0.3 is 5.32 Å². The average Bonchev–Trinajstić information content (AvgIpc) is 2.04. The Kier molecular flexibility index (Phi) is 8.14. The summed E-state index contributed by atoms with van der Waals surface area (Å²) < 4.78 is 0. The van der Waals surface area contributed by atoms with E-state index in [0.29, 0.717) is 6.04 Å². The van der Waals surface area contributed by atoms with E-state index in [1.165, 1.54) is 25.0 Å². The van der Waals surface area contributed by atoms with Gasteiger partial charge in [-0.25, -0.2) is 0 Å². The van der Waals surface area contributed by atoms with Gasteiger partial charge in [0.2, 0.25) is 0 Å². The number of hydrogen-bond donors (Lipinski definition) is 1. The van der Waals surface area contributed by atoms with Crippen molar-refractivity contribution in [2.24, 2.45) is 0 Å². The van der Waals surface area contributed by atoms with E-state index in [1.807, 2.05) is 11.8 Å². The van der Waals surface area contributed by atoms with Crippen LogP contribution in [0.4, 0.5) is 0 Å². The normalized spacial score (nSPS) is 16.0. The minimum atomic E-state index is 0.663. The Morgan fingerprint density at radius 1 is 1.33 bits per heavy atom. The molecule has 0 aliphatic heterocycles. The summed E-state index contributed by atoms with van der Waals surface area (Å²) in [5, 5.41) is 3.65. The van der Waals surface area contributed by atoms with Gasteiger partial charge in [0.05, 0.1) is 0 Å². The van der Waals surface area contributed by atoms with Crippen LogP contribution in [0.2, 0.25) is 0 Å². The van der Waals surface area contributed by atoms with Crippen LogP contribution < -0.4 is 5.32 Å². The predicted octanol–water partition coefficient (Wildman–Crippen LogP) is 2.91. The van der Waals surface area contributed by atoms with Crippen molar-refractivity contribution >= 4 is 11.8 Å². The van der Waals surface area contributed by atoms with Crippen LogP contribution in [-0.2, 0) is 0 Å². The fraction of sp³-hybridized carbons (Fsp3) is 1.00. The molecule has 2 atom stereocenters. The summed E-state index contributed by atoms with van der Waals surface area (Å²) >= 11 is 1.92. The highest BCUT2D eigenvalue weighted by Gasteiger charge is 2.07. The molecule has 1 nitrogen and oxygen atoms in total. The van der Waals surface area contributed by atoms with Gasteiger partial charge in [-0.3, -0.25) is 0 Å². The Labute approximate surface area is 81.7 Å². The molecule has 2 unspecified atom stereocenters. The molecular weight excluding hydrogens is 166 g/mol. The van der Waals surface area contributed by atoms with Crippen LogP contribution in [0.1, 0.15) is 40.0 Å². The van der Waals surface area contributed by atoms with Crippen molar-refractivity contribution in [2.75, 3.05) is 12.0 Å². The lowest BCUT2D eigenvalue weighted by Gasteiger charge is -2.21. The molecule has 0 saturated heterocycles. The third kappa shape index (κ3) is 5.90. The Morgan fingerprint density at radius 2 is 2.00 bits per heavy atom. The van der Waals surface area contributed by atoms with Gasteiger partial charge in [0.1, 0.15) is 0 Å². The van der Waals surface area contributed by atoms with E-state index >= 15 is 0 Å². The van der Waals surface area contributed by atoms with Gasteiger partial charge in [0.25, 0.3) is 0 Å². The fourth-order valence-corrected chi connectivity index (χ4v) is 2.05. The molecular formula is C10H23NS. The lowest BCUT2D eigenvalue weighted by molar-refractivity contribution is 0.428. The van der Waals surface area contributed by atoms with Crippen molar-refractivity contribution in [1.29, 1.82) is 0 Å². The van der Waals surface area contributed by atoms with E-state index in [0.717, 1.165) is 6.04 Å². The Morgan fingerprint density at radius 3 is 2.42 bits per heavy atom. The molecule has 0 aliphatic rings. The second-order valence-electron chi connectivity index (χ2n) is 3.42. The summed E-state index contributed by atoms with van der Waals surface area (Å²) in [5.41, 5.74) is 0. The second kappa shape index (κ2) is 7.93. The zero-order chi connectivity index (χ0) is 9.40. The topological polar surface area (TPSA) is 12.0 Å². The van der Waals surface area contributed by atoms with Gasteiger partial charge in [-0.1, -0.05) is 20.3 Å². The van der Waals surface area contributed by atoms with Crippen LogP contribution in [0, 0.1) is 0 Å². The summed E-state index contributed by atoms with van der Waals surface area (Å²) in [6, 6.07) is 1.40. The minimum Gasteiger partial charge on any atom is -0.311 e. The Bertz CT molecular complexity index is 95.8. The maximum absolute atomic E-state index is 3.65. The van der Waals surface area contributed by atoms with Gasteiger partial charge in [0.15, 0.2) is 0 Å². The molecule has 1 N–H and O–H groups in total. The number of rotatable bonds is 7.